The highest BCUT2D eigenvalue weighted by Crippen LogP contribution is 2.23. The van der Waals surface area contributed by atoms with Crippen LogP contribution < -0.4 is 4.90 Å². The van der Waals surface area contributed by atoms with Crippen LogP contribution in [0.5, 0.6) is 0 Å². The Balaban J connectivity index is 3.23. The van der Waals surface area contributed by atoms with E-state index >= 15 is 0 Å². The molecule has 0 spiro atoms. The van der Waals surface area contributed by atoms with Gasteiger partial charge in [-0.25, -0.2) is 0 Å². The van der Waals surface area contributed by atoms with Crippen molar-refractivity contribution in [2.75, 3.05) is 19.0 Å². The molecule has 0 aliphatic carbocycles. The summed E-state index contributed by atoms with van der Waals surface area (Å²) in [4.78, 5) is 2.09. The number of benzene rings is 1. The molecule has 0 fully saturated rings. The summed E-state index contributed by atoms with van der Waals surface area (Å²) in [5, 5.41) is 9.06. The van der Waals surface area contributed by atoms with Crippen LogP contribution in [0.25, 0.3) is 0 Å². The molecule has 2 heteroatoms. The number of hydrogen-bond donors (Lipinski definition) is 1. The van der Waals surface area contributed by atoms with Crippen molar-refractivity contribution in [3.8, 4) is 0 Å². The van der Waals surface area contributed by atoms with Gasteiger partial charge in [-0.2, -0.15) is 0 Å². The van der Waals surface area contributed by atoms with Crippen LogP contribution in [0.15, 0.2) is 12.1 Å². The molecule has 0 bridgehead atoms. The molecule has 72 valence electrons. The molecular formula is C11H17NO. The maximum absolute atomic E-state index is 9.06. The Morgan fingerprint density at radius 3 is 2.23 bits per heavy atom. The van der Waals surface area contributed by atoms with Crippen LogP contribution in [0.3, 0.4) is 0 Å². The van der Waals surface area contributed by atoms with Gasteiger partial charge in [0.15, 0.2) is 0 Å². The second kappa shape index (κ2) is 3.79. The molecule has 0 saturated heterocycles. The van der Waals surface area contributed by atoms with Crippen LogP contribution in [0, 0.1) is 13.8 Å². The van der Waals surface area contributed by atoms with E-state index < -0.39 is 0 Å². The second-order valence-electron chi connectivity index (χ2n) is 3.55. The van der Waals surface area contributed by atoms with Gasteiger partial charge in [0.2, 0.25) is 0 Å². The largest absolute Gasteiger partial charge is 0.392 e. The van der Waals surface area contributed by atoms with Gasteiger partial charge >= 0.3 is 0 Å². The van der Waals surface area contributed by atoms with E-state index in [-0.39, 0.29) is 6.61 Å². The highest BCUT2D eigenvalue weighted by molar-refractivity contribution is 5.57. The summed E-state index contributed by atoms with van der Waals surface area (Å²) in [5.41, 5.74) is 4.67. The van der Waals surface area contributed by atoms with Gasteiger partial charge in [-0.15, -0.1) is 0 Å². The fourth-order valence-corrected chi connectivity index (χ4v) is 1.52. The zero-order valence-corrected chi connectivity index (χ0v) is 8.76. The maximum atomic E-state index is 9.06. The topological polar surface area (TPSA) is 23.5 Å². The minimum atomic E-state index is 0.125. The maximum Gasteiger partial charge on any atom is 0.0684 e. The Labute approximate surface area is 79.8 Å². The summed E-state index contributed by atoms with van der Waals surface area (Å²) in [6.07, 6.45) is 0. The fraction of sp³-hybridized carbons (Fsp3) is 0.455. The lowest BCUT2D eigenvalue weighted by Gasteiger charge is -2.18. The summed E-state index contributed by atoms with van der Waals surface area (Å²) in [7, 11) is 4.06. The molecule has 0 atom stereocenters. The number of aliphatic hydroxyl groups is 1. The van der Waals surface area contributed by atoms with Crippen LogP contribution in [0.1, 0.15) is 16.7 Å². The standard InChI is InChI=1S/C11H17NO/c1-8-9(2)11(12(3)4)6-5-10(8)7-13/h5-6,13H,7H2,1-4H3. The number of hydrogen-bond acceptors (Lipinski definition) is 2. The van der Waals surface area contributed by atoms with Crippen molar-refractivity contribution in [3.05, 3.63) is 28.8 Å². The van der Waals surface area contributed by atoms with Crippen LogP contribution in [0.2, 0.25) is 0 Å². The Morgan fingerprint density at radius 1 is 1.15 bits per heavy atom. The zero-order valence-electron chi connectivity index (χ0n) is 8.76. The third-order valence-corrected chi connectivity index (χ3v) is 2.52. The second-order valence-corrected chi connectivity index (χ2v) is 3.55. The first-order valence-electron chi connectivity index (χ1n) is 4.45. The van der Waals surface area contributed by atoms with E-state index in [9.17, 15) is 0 Å². The van der Waals surface area contributed by atoms with Crippen molar-refractivity contribution in [2.24, 2.45) is 0 Å². The van der Waals surface area contributed by atoms with Crippen LogP contribution in [0.4, 0.5) is 5.69 Å². The zero-order chi connectivity index (χ0) is 10.0. The third-order valence-electron chi connectivity index (χ3n) is 2.52. The van der Waals surface area contributed by atoms with Gasteiger partial charge in [0.05, 0.1) is 6.61 Å². The highest BCUT2D eigenvalue weighted by atomic mass is 16.3. The molecule has 0 saturated carbocycles. The van der Waals surface area contributed by atoms with E-state index in [0.717, 1.165) is 5.56 Å². The lowest BCUT2D eigenvalue weighted by atomic mass is 10.0. The Bertz CT molecular complexity index is 305. The normalized spacial score (nSPS) is 10.2. The molecule has 0 radical (unpaired) electrons. The molecule has 0 unspecified atom stereocenters. The average Bonchev–Trinajstić information content (AvgIpc) is 2.09. The number of rotatable bonds is 2. The molecule has 0 amide bonds. The van der Waals surface area contributed by atoms with Crippen molar-refractivity contribution >= 4 is 5.69 Å². The van der Waals surface area contributed by atoms with E-state index in [1.807, 2.05) is 33.2 Å². The number of aliphatic hydroxyl groups excluding tert-OH is 1. The number of nitrogens with zero attached hydrogens (tertiary/aromatic N) is 1. The molecule has 0 aromatic heterocycles. The van der Waals surface area contributed by atoms with E-state index in [1.54, 1.807) is 0 Å². The summed E-state index contributed by atoms with van der Waals surface area (Å²) >= 11 is 0. The van der Waals surface area contributed by atoms with Crippen LogP contribution >= 0.6 is 0 Å². The molecule has 1 aromatic carbocycles. The van der Waals surface area contributed by atoms with Gasteiger partial charge in [-0.05, 0) is 36.6 Å². The molecule has 0 aliphatic rings. The molecule has 1 rings (SSSR count). The highest BCUT2D eigenvalue weighted by Gasteiger charge is 2.06. The van der Waals surface area contributed by atoms with Gasteiger partial charge in [-0.1, -0.05) is 6.07 Å². The van der Waals surface area contributed by atoms with Crippen molar-refractivity contribution in [2.45, 2.75) is 20.5 Å². The first-order valence-corrected chi connectivity index (χ1v) is 4.45. The fourth-order valence-electron chi connectivity index (χ4n) is 1.52. The minimum Gasteiger partial charge on any atom is -0.392 e. The SMILES string of the molecule is Cc1c(CO)ccc(N(C)C)c1C. The van der Waals surface area contributed by atoms with Crippen molar-refractivity contribution in [1.29, 1.82) is 0 Å². The van der Waals surface area contributed by atoms with Gasteiger partial charge in [0.25, 0.3) is 0 Å². The van der Waals surface area contributed by atoms with E-state index in [2.05, 4.69) is 11.8 Å². The lowest BCUT2D eigenvalue weighted by molar-refractivity contribution is 0.281. The third kappa shape index (κ3) is 1.83. The molecule has 0 aliphatic heterocycles. The van der Waals surface area contributed by atoms with Gasteiger partial charge in [-0.3, -0.25) is 0 Å². The molecule has 13 heavy (non-hydrogen) atoms. The summed E-state index contributed by atoms with van der Waals surface area (Å²) < 4.78 is 0. The first kappa shape index (κ1) is 10.1. The summed E-state index contributed by atoms with van der Waals surface area (Å²) in [6, 6.07) is 4.03. The van der Waals surface area contributed by atoms with Gasteiger partial charge < -0.3 is 10.0 Å². The first-order chi connectivity index (χ1) is 6.07. The van der Waals surface area contributed by atoms with Crippen molar-refractivity contribution in [3.63, 3.8) is 0 Å². The predicted molar refractivity (Wildman–Crippen MR) is 56.2 cm³/mol. The van der Waals surface area contributed by atoms with E-state index in [1.165, 1.54) is 16.8 Å². The Kier molecular flexibility index (Phi) is 2.94. The van der Waals surface area contributed by atoms with Gasteiger partial charge in [0.1, 0.15) is 0 Å². The molecule has 1 aromatic rings. The van der Waals surface area contributed by atoms with Crippen molar-refractivity contribution in [1.82, 2.24) is 0 Å². The van der Waals surface area contributed by atoms with Crippen molar-refractivity contribution < 1.29 is 5.11 Å². The summed E-state index contributed by atoms with van der Waals surface area (Å²) in [5.74, 6) is 0. The lowest BCUT2D eigenvalue weighted by Crippen LogP contribution is -2.11. The monoisotopic (exact) mass is 179 g/mol. The molecule has 0 heterocycles. The smallest absolute Gasteiger partial charge is 0.0684 e. The summed E-state index contributed by atoms with van der Waals surface area (Å²) in [6.45, 7) is 4.26. The van der Waals surface area contributed by atoms with E-state index in [4.69, 9.17) is 5.11 Å². The average molecular weight is 179 g/mol. The Hall–Kier alpha value is -1.02. The molecular weight excluding hydrogens is 162 g/mol. The van der Waals surface area contributed by atoms with Crippen LogP contribution in [-0.4, -0.2) is 19.2 Å². The van der Waals surface area contributed by atoms with Crippen LogP contribution in [-0.2, 0) is 6.61 Å². The quantitative estimate of drug-likeness (QED) is 0.749. The minimum absolute atomic E-state index is 0.125. The van der Waals surface area contributed by atoms with E-state index in [0.29, 0.717) is 0 Å². The molecule has 1 N–H and O–H groups in total. The number of anilines is 1. The molecule has 2 nitrogen and oxygen atoms in total. The van der Waals surface area contributed by atoms with Gasteiger partial charge in [0, 0.05) is 19.8 Å². The Morgan fingerprint density at radius 2 is 1.77 bits per heavy atom. The predicted octanol–water partition coefficient (Wildman–Crippen LogP) is 1.86.